The van der Waals surface area contributed by atoms with Crippen molar-refractivity contribution in [2.24, 2.45) is 5.73 Å². The van der Waals surface area contributed by atoms with Gasteiger partial charge in [0.25, 0.3) is 0 Å². The number of esters is 1. The minimum absolute atomic E-state index is 0.173. The lowest BCUT2D eigenvalue weighted by Gasteiger charge is -2.11. The summed E-state index contributed by atoms with van der Waals surface area (Å²) in [5, 5.41) is 0. The number of carbonyl (C=O) groups is 1. The summed E-state index contributed by atoms with van der Waals surface area (Å²) in [5.74, 6) is -2.23. The molecule has 0 atom stereocenters. The second-order valence-corrected chi connectivity index (χ2v) is 7.56. The Morgan fingerprint density at radius 1 is 0.919 bits per heavy atom. The fourth-order valence-corrected chi connectivity index (χ4v) is 2.88. The van der Waals surface area contributed by atoms with Crippen LogP contribution in [0.25, 0.3) is 6.08 Å². The molecule has 0 heterocycles. The van der Waals surface area contributed by atoms with Gasteiger partial charge in [0.15, 0.2) is 17.4 Å². The third-order valence-corrected chi connectivity index (χ3v) is 4.59. The largest absolute Gasteiger partial charge is 0.463 e. The third-order valence-electron chi connectivity index (χ3n) is 4.59. The number of nitrogens with one attached hydrogen (secondary N) is 1. The third kappa shape index (κ3) is 11.7. The number of halogens is 2. The van der Waals surface area contributed by atoms with Crippen LogP contribution in [-0.2, 0) is 23.7 Å². The average Bonchev–Trinajstić information content (AvgIpc) is 2.88. The molecule has 3 N–H and O–H groups in total. The van der Waals surface area contributed by atoms with Crippen LogP contribution in [0, 0.1) is 11.6 Å². The smallest absolute Gasteiger partial charge is 0.333 e. The topological polar surface area (TPSA) is 111 Å². The fourth-order valence-electron chi connectivity index (χ4n) is 2.88. The maximum absolute atomic E-state index is 14.5. The van der Waals surface area contributed by atoms with Gasteiger partial charge in [0.05, 0.1) is 52.8 Å². The van der Waals surface area contributed by atoms with E-state index in [9.17, 15) is 13.6 Å². The van der Waals surface area contributed by atoms with E-state index in [2.05, 4.69) is 5.48 Å². The average molecular weight is 525 g/mol. The van der Waals surface area contributed by atoms with E-state index in [1.54, 1.807) is 19.1 Å². The van der Waals surface area contributed by atoms with Crippen LogP contribution in [0.3, 0.4) is 0 Å². The fraction of sp³-hybridized carbons (Fsp3) is 0.423. The number of hydroxylamine groups is 1. The van der Waals surface area contributed by atoms with Gasteiger partial charge in [-0.15, -0.1) is 0 Å². The molecule has 204 valence electrons. The molecule has 37 heavy (non-hydrogen) atoms. The monoisotopic (exact) mass is 524 g/mol. The predicted molar refractivity (Wildman–Crippen MR) is 133 cm³/mol. The Morgan fingerprint density at radius 2 is 1.49 bits per heavy atom. The molecule has 2 rings (SSSR count). The lowest BCUT2D eigenvalue weighted by Crippen LogP contribution is -2.24. The van der Waals surface area contributed by atoms with Crippen LogP contribution < -0.4 is 20.8 Å². The Hall–Kier alpha value is -3.09. The SMILES string of the molecule is CCOC(=O)/C(C)=C/c1cc(F)c(Oc2ccc(ONCCOCCOCCOCCN)cc2)c(F)c1. The van der Waals surface area contributed by atoms with Gasteiger partial charge in [-0.1, -0.05) is 0 Å². The summed E-state index contributed by atoms with van der Waals surface area (Å²) in [5.41, 5.74) is 8.46. The minimum atomic E-state index is -0.907. The van der Waals surface area contributed by atoms with Gasteiger partial charge in [0, 0.05) is 12.1 Å². The van der Waals surface area contributed by atoms with Crippen molar-refractivity contribution in [3.8, 4) is 17.2 Å². The van der Waals surface area contributed by atoms with E-state index in [1.165, 1.54) is 25.1 Å². The lowest BCUT2D eigenvalue weighted by atomic mass is 10.1. The number of hydrogen-bond donors (Lipinski definition) is 2. The van der Waals surface area contributed by atoms with E-state index >= 15 is 0 Å². The first-order chi connectivity index (χ1) is 17.9. The molecule has 0 aliphatic heterocycles. The highest BCUT2D eigenvalue weighted by atomic mass is 19.1. The van der Waals surface area contributed by atoms with Crippen molar-refractivity contribution in [1.82, 2.24) is 5.48 Å². The molecular weight excluding hydrogens is 490 g/mol. The molecule has 11 heteroatoms. The molecule has 2 aromatic carbocycles. The maximum Gasteiger partial charge on any atom is 0.333 e. The summed E-state index contributed by atoms with van der Waals surface area (Å²) < 4.78 is 55.2. The Morgan fingerprint density at radius 3 is 2.08 bits per heavy atom. The van der Waals surface area contributed by atoms with E-state index in [4.69, 9.17) is 34.3 Å². The van der Waals surface area contributed by atoms with Crippen molar-refractivity contribution in [3.05, 3.63) is 59.2 Å². The first kappa shape index (κ1) is 30.1. The zero-order chi connectivity index (χ0) is 26.9. The summed E-state index contributed by atoms with van der Waals surface area (Å²) in [7, 11) is 0. The maximum atomic E-state index is 14.5. The first-order valence-corrected chi connectivity index (χ1v) is 11.9. The van der Waals surface area contributed by atoms with Gasteiger partial charge in [-0.2, -0.15) is 5.48 Å². The Bertz CT molecular complexity index is 964. The van der Waals surface area contributed by atoms with E-state index in [1.807, 2.05) is 0 Å². The second-order valence-electron chi connectivity index (χ2n) is 7.56. The molecule has 0 unspecified atom stereocenters. The number of hydrogen-bond acceptors (Lipinski definition) is 9. The van der Waals surface area contributed by atoms with Crippen molar-refractivity contribution in [1.29, 1.82) is 0 Å². The second kappa shape index (κ2) is 17.4. The number of nitrogens with two attached hydrogens (primary N) is 1. The van der Waals surface area contributed by atoms with Gasteiger partial charge in [-0.05, 0) is 61.9 Å². The Balaban J connectivity index is 1.73. The molecule has 0 spiro atoms. The van der Waals surface area contributed by atoms with E-state index in [0.717, 1.165) is 12.1 Å². The zero-order valence-electron chi connectivity index (χ0n) is 21.1. The van der Waals surface area contributed by atoms with Crippen molar-refractivity contribution >= 4 is 12.0 Å². The van der Waals surface area contributed by atoms with E-state index in [0.29, 0.717) is 58.5 Å². The van der Waals surface area contributed by atoms with Gasteiger partial charge < -0.3 is 34.3 Å². The van der Waals surface area contributed by atoms with Gasteiger partial charge >= 0.3 is 5.97 Å². The molecule has 0 bridgehead atoms. The van der Waals surface area contributed by atoms with Crippen LogP contribution in [0.1, 0.15) is 19.4 Å². The highest BCUT2D eigenvalue weighted by Crippen LogP contribution is 2.30. The molecular formula is C26H34F2N2O7. The summed E-state index contributed by atoms with van der Waals surface area (Å²) in [6.45, 7) is 7.14. The van der Waals surface area contributed by atoms with Crippen molar-refractivity contribution in [2.45, 2.75) is 13.8 Å². The lowest BCUT2D eigenvalue weighted by molar-refractivity contribution is -0.138. The standard InChI is InChI=1S/C26H34F2N2O7/c1-3-35-26(31)19(2)16-20-17-23(27)25(24(28)18-20)36-21-4-6-22(7-5-21)37-30-9-11-33-13-15-34-14-12-32-10-8-29/h4-7,16-18,30H,3,8-15,29H2,1-2H3/b19-16+. The molecule has 0 radical (unpaired) electrons. The van der Waals surface area contributed by atoms with Crippen LogP contribution >= 0.6 is 0 Å². The van der Waals surface area contributed by atoms with Crippen LogP contribution in [0.15, 0.2) is 42.0 Å². The van der Waals surface area contributed by atoms with Crippen LogP contribution in [0.5, 0.6) is 17.2 Å². The van der Waals surface area contributed by atoms with Crippen molar-refractivity contribution in [2.75, 3.05) is 59.3 Å². The molecule has 0 amide bonds. The minimum Gasteiger partial charge on any atom is -0.463 e. The number of ether oxygens (including phenoxy) is 5. The van der Waals surface area contributed by atoms with E-state index in [-0.39, 0.29) is 23.5 Å². The normalized spacial score (nSPS) is 11.4. The van der Waals surface area contributed by atoms with Crippen molar-refractivity contribution in [3.63, 3.8) is 0 Å². The number of carbonyl (C=O) groups excluding carboxylic acids is 1. The number of rotatable bonds is 18. The summed E-state index contributed by atoms with van der Waals surface area (Å²) in [4.78, 5) is 17.1. The predicted octanol–water partition coefficient (Wildman–Crippen LogP) is 3.62. The van der Waals surface area contributed by atoms with Crippen molar-refractivity contribution < 1.29 is 42.1 Å². The molecule has 0 fully saturated rings. The number of benzene rings is 2. The Labute approximate surface area is 215 Å². The van der Waals surface area contributed by atoms with Crippen LogP contribution in [-0.4, -0.2) is 65.3 Å². The van der Waals surface area contributed by atoms with Gasteiger partial charge in [0.2, 0.25) is 0 Å². The van der Waals surface area contributed by atoms with Gasteiger partial charge in [-0.3, -0.25) is 0 Å². The van der Waals surface area contributed by atoms with Gasteiger partial charge in [-0.25, -0.2) is 13.6 Å². The summed E-state index contributed by atoms with van der Waals surface area (Å²) in [6, 6.07) is 8.35. The van der Waals surface area contributed by atoms with Gasteiger partial charge in [0.1, 0.15) is 11.5 Å². The van der Waals surface area contributed by atoms with E-state index < -0.39 is 23.4 Å². The quantitative estimate of drug-likeness (QED) is 0.131. The molecule has 0 aliphatic rings. The van der Waals surface area contributed by atoms with Crippen LogP contribution in [0.2, 0.25) is 0 Å². The van der Waals surface area contributed by atoms with Crippen LogP contribution in [0.4, 0.5) is 8.78 Å². The molecule has 2 aromatic rings. The highest BCUT2D eigenvalue weighted by molar-refractivity contribution is 5.93. The Kier molecular flexibility index (Phi) is 14.2. The molecule has 0 aliphatic carbocycles. The molecule has 9 nitrogen and oxygen atoms in total. The summed E-state index contributed by atoms with van der Waals surface area (Å²) >= 11 is 0. The molecule has 0 saturated carbocycles. The zero-order valence-corrected chi connectivity index (χ0v) is 21.1. The first-order valence-electron chi connectivity index (χ1n) is 11.9. The molecule has 0 saturated heterocycles. The molecule has 0 aromatic heterocycles. The summed E-state index contributed by atoms with van der Waals surface area (Å²) in [6.07, 6.45) is 1.34. The highest BCUT2D eigenvalue weighted by Gasteiger charge is 2.14.